The van der Waals surface area contributed by atoms with E-state index in [-0.39, 0.29) is 18.9 Å². The SMILES string of the molecule is COc1ccccc1CNC(=O)CCN(c1ccc(C#N)cc1)S(C)(=O)=O. The Labute approximate surface area is 159 Å². The fourth-order valence-electron chi connectivity index (χ4n) is 2.52. The van der Waals surface area contributed by atoms with E-state index in [1.807, 2.05) is 24.3 Å². The molecular formula is C19H21N3O4S. The predicted molar refractivity (Wildman–Crippen MR) is 103 cm³/mol. The Morgan fingerprint density at radius 3 is 2.44 bits per heavy atom. The van der Waals surface area contributed by atoms with Gasteiger partial charge in [-0.2, -0.15) is 5.26 Å². The topological polar surface area (TPSA) is 99.5 Å². The lowest BCUT2D eigenvalue weighted by Gasteiger charge is -2.22. The number of nitrogens with zero attached hydrogens (tertiary/aromatic N) is 2. The number of sulfonamides is 1. The smallest absolute Gasteiger partial charge is 0.232 e. The highest BCUT2D eigenvalue weighted by molar-refractivity contribution is 7.92. The van der Waals surface area contributed by atoms with Crippen LogP contribution in [0.15, 0.2) is 48.5 Å². The summed E-state index contributed by atoms with van der Waals surface area (Å²) in [6, 6.07) is 15.5. The lowest BCUT2D eigenvalue weighted by Crippen LogP contribution is -2.34. The zero-order valence-electron chi connectivity index (χ0n) is 15.2. The van der Waals surface area contributed by atoms with Crippen molar-refractivity contribution in [3.05, 3.63) is 59.7 Å². The normalized spacial score (nSPS) is 10.7. The van der Waals surface area contributed by atoms with Crippen molar-refractivity contribution in [2.75, 3.05) is 24.2 Å². The van der Waals surface area contributed by atoms with E-state index in [1.54, 1.807) is 25.3 Å². The van der Waals surface area contributed by atoms with Crippen molar-refractivity contribution in [2.45, 2.75) is 13.0 Å². The lowest BCUT2D eigenvalue weighted by atomic mass is 10.2. The summed E-state index contributed by atoms with van der Waals surface area (Å²) in [5.41, 5.74) is 1.68. The van der Waals surface area contributed by atoms with E-state index in [2.05, 4.69) is 5.32 Å². The number of benzene rings is 2. The number of rotatable bonds is 8. The van der Waals surface area contributed by atoms with Crippen LogP contribution in [0.5, 0.6) is 5.75 Å². The minimum atomic E-state index is -3.56. The summed E-state index contributed by atoms with van der Waals surface area (Å²) in [5.74, 6) is 0.399. The summed E-state index contributed by atoms with van der Waals surface area (Å²) in [6.07, 6.45) is 1.08. The maximum absolute atomic E-state index is 12.2. The molecule has 0 fully saturated rings. The first kappa shape index (κ1) is 20.3. The van der Waals surface area contributed by atoms with Crippen LogP contribution in [0.1, 0.15) is 17.5 Å². The number of ether oxygens (including phenoxy) is 1. The summed E-state index contributed by atoms with van der Waals surface area (Å²) >= 11 is 0. The van der Waals surface area contributed by atoms with Gasteiger partial charge in [0.05, 0.1) is 30.7 Å². The molecule has 0 atom stereocenters. The largest absolute Gasteiger partial charge is 0.496 e. The van der Waals surface area contributed by atoms with Gasteiger partial charge in [0.2, 0.25) is 15.9 Å². The van der Waals surface area contributed by atoms with Gasteiger partial charge in [-0.1, -0.05) is 18.2 Å². The molecule has 0 radical (unpaired) electrons. The molecule has 0 heterocycles. The molecule has 1 amide bonds. The standard InChI is InChI=1S/C19H21N3O4S/c1-26-18-6-4-3-5-16(18)14-21-19(23)11-12-22(27(2,24)25)17-9-7-15(13-20)8-10-17/h3-10H,11-12,14H2,1-2H3,(H,21,23). The van der Waals surface area contributed by atoms with Gasteiger partial charge in [0.15, 0.2) is 0 Å². The summed E-state index contributed by atoms with van der Waals surface area (Å²) in [5, 5.41) is 11.6. The van der Waals surface area contributed by atoms with Crippen LogP contribution in [0.2, 0.25) is 0 Å². The van der Waals surface area contributed by atoms with Crippen LogP contribution >= 0.6 is 0 Å². The number of nitriles is 1. The zero-order valence-corrected chi connectivity index (χ0v) is 16.0. The second-order valence-corrected chi connectivity index (χ2v) is 7.74. The molecule has 7 nitrogen and oxygen atoms in total. The molecule has 142 valence electrons. The van der Waals surface area contributed by atoms with E-state index in [1.165, 1.54) is 12.1 Å². The van der Waals surface area contributed by atoms with E-state index in [4.69, 9.17) is 10.00 Å². The highest BCUT2D eigenvalue weighted by Crippen LogP contribution is 2.19. The van der Waals surface area contributed by atoms with E-state index < -0.39 is 10.0 Å². The number of hydrogen-bond acceptors (Lipinski definition) is 5. The lowest BCUT2D eigenvalue weighted by molar-refractivity contribution is -0.121. The number of anilines is 1. The van der Waals surface area contributed by atoms with Gasteiger partial charge in [0.1, 0.15) is 5.75 Å². The molecule has 0 aliphatic heterocycles. The molecule has 0 saturated heterocycles. The molecule has 0 aromatic heterocycles. The van der Waals surface area contributed by atoms with Crippen molar-refractivity contribution in [3.8, 4) is 11.8 Å². The van der Waals surface area contributed by atoms with Crippen LogP contribution in [0.3, 0.4) is 0 Å². The van der Waals surface area contributed by atoms with Gasteiger partial charge >= 0.3 is 0 Å². The van der Waals surface area contributed by atoms with E-state index >= 15 is 0 Å². The maximum Gasteiger partial charge on any atom is 0.232 e. The van der Waals surface area contributed by atoms with Crippen LogP contribution in [0.4, 0.5) is 5.69 Å². The second kappa shape index (κ2) is 9.05. The van der Waals surface area contributed by atoms with Crippen molar-refractivity contribution >= 4 is 21.6 Å². The van der Waals surface area contributed by atoms with Gasteiger partial charge < -0.3 is 10.1 Å². The third kappa shape index (κ3) is 5.72. The Bertz CT molecular complexity index is 934. The minimum Gasteiger partial charge on any atom is -0.496 e. The molecule has 1 N–H and O–H groups in total. The molecule has 0 bridgehead atoms. The average molecular weight is 387 g/mol. The Morgan fingerprint density at radius 2 is 1.85 bits per heavy atom. The van der Waals surface area contributed by atoms with Gasteiger partial charge in [0.25, 0.3) is 0 Å². The number of methoxy groups -OCH3 is 1. The molecule has 2 aromatic rings. The monoisotopic (exact) mass is 387 g/mol. The van der Waals surface area contributed by atoms with Gasteiger partial charge in [-0.15, -0.1) is 0 Å². The van der Waals surface area contributed by atoms with Crippen molar-refractivity contribution in [2.24, 2.45) is 0 Å². The zero-order chi connectivity index (χ0) is 19.9. The summed E-state index contributed by atoms with van der Waals surface area (Å²) < 4.78 is 30.5. The highest BCUT2D eigenvalue weighted by atomic mass is 32.2. The number of nitrogens with one attached hydrogen (secondary N) is 1. The van der Waals surface area contributed by atoms with Crippen LogP contribution < -0.4 is 14.4 Å². The molecule has 0 saturated carbocycles. The number of carbonyl (C=O) groups is 1. The molecule has 2 aromatic carbocycles. The first-order chi connectivity index (χ1) is 12.8. The Kier molecular flexibility index (Phi) is 6.79. The van der Waals surface area contributed by atoms with Crippen LogP contribution in [-0.2, 0) is 21.4 Å². The fraction of sp³-hybridized carbons (Fsp3) is 0.263. The quantitative estimate of drug-likeness (QED) is 0.747. The van der Waals surface area contributed by atoms with Gasteiger partial charge in [-0.25, -0.2) is 8.42 Å². The Balaban J connectivity index is 2.00. The summed E-state index contributed by atoms with van der Waals surface area (Å²) in [4.78, 5) is 12.2. The van der Waals surface area contributed by atoms with Crippen molar-refractivity contribution < 1.29 is 17.9 Å². The van der Waals surface area contributed by atoms with Crippen LogP contribution in [-0.4, -0.2) is 34.2 Å². The third-order valence-electron chi connectivity index (χ3n) is 3.90. The Morgan fingerprint density at radius 1 is 1.19 bits per heavy atom. The van der Waals surface area contributed by atoms with Crippen LogP contribution in [0.25, 0.3) is 0 Å². The Hall–Kier alpha value is -3.05. The van der Waals surface area contributed by atoms with E-state index in [0.29, 0.717) is 23.5 Å². The molecule has 0 aliphatic rings. The first-order valence-electron chi connectivity index (χ1n) is 8.21. The molecule has 0 spiro atoms. The fourth-order valence-corrected chi connectivity index (χ4v) is 3.45. The molecule has 0 aliphatic carbocycles. The van der Waals surface area contributed by atoms with Crippen molar-refractivity contribution in [3.63, 3.8) is 0 Å². The van der Waals surface area contributed by atoms with Gasteiger partial charge in [-0.05, 0) is 30.3 Å². The van der Waals surface area contributed by atoms with Crippen LogP contribution in [0, 0.1) is 11.3 Å². The number of carbonyl (C=O) groups excluding carboxylic acids is 1. The van der Waals surface area contributed by atoms with Crippen molar-refractivity contribution in [1.29, 1.82) is 5.26 Å². The number of para-hydroxylation sites is 1. The molecule has 8 heteroatoms. The molecule has 27 heavy (non-hydrogen) atoms. The highest BCUT2D eigenvalue weighted by Gasteiger charge is 2.18. The third-order valence-corrected chi connectivity index (χ3v) is 5.09. The predicted octanol–water partition coefficient (Wildman–Crippen LogP) is 2.04. The molecular weight excluding hydrogens is 366 g/mol. The number of amides is 1. The first-order valence-corrected chi connectivity index (χ1v) is 10.1. The number of hydrogen-bond donors (Lipinski definition) is 1. The molecule has 2 rings (SSSR count). The average Bonchev–Trinajstić information content (AvgIpc) is 2.66. The maximum atomic E-state index is 12.2. The van der Waals surface area contributed by atoms with E-state index in [9.17, 15) is 13.2 Å². The summed E-state index contributed by atoms with van der Waals surface area (Å²) in [7, 11) is -2.00. The minimum absolute atomic E-state index is 0.00220. The van der Waals surface area contributed by atoms with E-state index in [0.717, 1.165) is 16.1 Å². The summed E-state index contributed by atoms with van der Waals surface area (Å²) in [6.45, 7) is 0.293. The van der Waals surface area contributed by atoms with Gasteiger partial charge in [0, 0.05) is 25.1 Å². The second-order valence-electron chi connectivity index (χ2n) is 5.83. The van der Waals surface area contributed by atoms with Gasteiger partial charge in [-0.3, -0.25) is 9.10 Å². The van der Waals surface area contributed by atoms with Crippen molar-refractivity contribution in [1.82, 2.24) is 5.32 Å². The molecule has 0 unspecified atom stereocenters.